The van der Waals surface area contributed by atoms with Crippen LogP contribution in [0.4, 0.5) is 0 Å². The first-order chi connectivity index (χ1) is 9.22. The highest BCUT2D eigenvalue weighted by molar-refractivity contribution is 5.33. The zero-order valence-electron chi connectivity index (χ0n) is 12.5. The third kappa shape index (κ3) is 3.80. The molecule has 2 rings (SSSR count). The van der Waals surface area contributed by atoms with Crippen molar-refractivity contribution in [2.45, 2.75) is 52.2 Å². The van der Waals surface area contributed by atoms with Crippen molar-refractivity contribution in [1.82, 2.24) is 5.32 Å². The highest BCUT2D eigenvalue weighted by Crippen LogP contribution is 2.32. The van der Waals surface area contributed by atoms with Crippen LogP contribution in [0.2, 0.25) is 0 Å². The largest absolute Gasteiger partial charge is 0.376 e. The second-order valence-corrected chi connectivity index (χ2v) is 5.93. The van der Waals surface area contributed by atoms with Gasteiger partial charge in [0.05, 0.1) is 12.1 Å². The predicted molar refractivity (Wildman–Crippen MR) is 80.4 cm³/mol. The monoisotopic (exact) mass is 261 g/mol. The van der Waals surface area contributed by atoms with E-state index in [0.29, 0.717) is 18.1 Å². The topological polar surface area (TPSA) is 21.3 Å². The van der Waals surface area contributed by atoms with E-state index in [0.717, 1.165) is 32.4 Å². The summed E-state index contributed by atoms with van der Waals surface area (Å²) in [5.41, 5.74) is 2.93. The average Bonchev–Trinajstić information content (AvgIpc) is 2.43. The maximum atomic E-state index is 6.15. The summed E-state index contributed by atoms with van der Waals surface area (Å²) in [6.07, 6.45) is 3.76. The Kier molecular flexibility index (Phi) is 5.41. The normalized spacial score (nSPS) is 22.5. The van der Waals surface area contributed by atoms with Crippen LogP contribution in [-0.2, 0) is 11.2 Å². The van der Waals surface area contributed by atoms with Crippen LogP contribution < -0.4 is 5.32 Å². The van der Waals surface area contributed by atoms with E-state index >= 15 is 0 Å². The van der Waals surface area contributed by atoms with Crippen molar-refractivity contribution in [2.24, 2.45) is 5.92 Å². The van der Waals surface area contributed by atoms with Gasteiger partial charge in [0.25, 0.3) is 0 Å². The lowest BCUT2D eigenvalue weighted by Crippen LogP contribution is -2.38. The highest BCUT2D eigenvalue weighted by Gasteiger charge is 2.29. The number of hydrogen-bond donors (Lipinski definition) is 1. The van der Waals surface area contributed by atoms with Crippen molar-refractivity contribution in [3.05, 3.63) is 35.4 Å². The predicted octanol–water partition coefficient (Wildman–Crippen LogP) is 3.71. The van der Waals surface area contributed by atoms with E-state index in [4.69, 9.17) is 4.74 Å². The molecule has 0 aromatic heterocycles. The lowest BCUT2D eigenvalue weighted by molar-refractivity contribution is 0.00186. The fraction of sp³-hybridized carbons (Fsp3) is 0.647. The van der Waals surface area contributed by atoms with Gasteiger partial charge in [-0.05, 0) is 42.9 Å². The molecule has 2 atom stereocenters. The van der Waals surface area contributed by atoms with Crippen molar-refractivity contribution in [2.75, 3.05) is 13.2 Å². The Morgan fingerprint density at radius 1 is 1.32 bits per heavy atom. The second kappa shape index (κ2) is 7.06. The number of aryl methyl sites for hydroxylation is 1. The van der Waals surface area contributed by atoms with E-state index < -0.39 is 0 Å². The van der Waals surface area contributed by atoms with Crippen LogP contribution in [0.1, 0.15) is 50.8 Å². The number of rotatable bonds is 6. The van der Waals surface area contributed by atoms with Crippen molar-refractivity contribution < 1.29 is 4.74 Å². The van der Waals surface area contributed by atoms with Crippen molar-refractivity contribution in [3.8, 4) is 0 Å². The van der Waals surface area contributed by atoms with E-state index in [2.05, 4.69) is 50.4 Å². The summed E-state index contributed by atoms with van der Waals surface area (Å²) >= 11 is 0. The summed E-state index contributed by atoms with van der Waals surface area (Å²) in [5, 5.41) is 3.68. The standard InChI is InChI=1S/C17H27NO/c1-4-11-18-17-15-8-6-5-7-14(15)9-10-16(17)19-12-13(2)3/h5-8,13,16-18H,4,9-12H2,1-3H3. The van der Waals surface area contributed by atoms with Crippen LogP contribution in [0.15, 0.2) is 24.3 Å². The molecule has 19 heavy (non-hydrogen) atoms. The van der Waals surface area contributed by atoms with Crippen LogP contribution in [-0.4, -0.2) is 19.3 Å². The summed E-state index contributed by atoms with van der Waals surface area (Å²) < 4.78 is 6.15. The van der Waals surface area contributed by atoms with Gasteiger partial charge in [0.2, 0.25) is 0 Å². The van der Waals surface area contributed by atoms with Gasteiger partial charge in [-0.15, -0.1) is 0 Å². The zero-order valence-corrected chi connectivity index (χ0v) is 12.5. The Hall–Kier alpha value is -0.860. The molecule has 106 valence electrons. The van der Waals surface area contributed by atoms with E-state index in [9.17, 15) is 0 Å². The molecule has 0 bridgehead atoms. The lowest BCUT2D eigenvalue weighted by Gasteiger charge is -2.34. The maximum absolute atomic E-state index is 6.15. The number of hydrogen-bond acceptors (Lipinski definition) is 2. The SMILES string of the molecule is CCCNC1c2ccccc2CCC1OCC(C)C. The van der Waals surface area contributed by atoms with Crippen molar-refractivity contribution in [1.29, 1.82) is 0 Å². The summed E-state index contributed by atoms with van der Waals surface area (Å²) in [6, 6.07) is 9.17. The second-order valence-electron chi connectivity index (χ2n) is 5.93. The van der Waals surface area contributed by atoms with Crippen LogP contribution in [0, 0.1) is 5.92 Å². The molecular weight excluding hydrogens is 234 g/mol. The van der Waals surface area contributed by atoms with Crippen molar-refractivity contribution >= 4 is 0 Å². The Bertz CT molecular complexity index is 389. The molecule has 1 aliphatic rings. The number of ether oxygens (including phenoxy) is 1. The molecule has 1 aromatic carbocycles. The molecule has 0 fully saturated rings. The van der Waals surface area contributed by atoms with E-state index in [1.807, 2.05) is 0 Å². The molecule has 2 unspecified atom stereocenters. The summed E-state index contributed by atoms with van der Waals surface area (Å²) in [5.74, 6) is 0.601. The summed E-state index contributed by atoms with van der Waals surface area (Å²) in [6.45, 7) is 8.56. The molecule has 0 saturated carbocycles. The van der Waals surface area contributed by atoms with Gasteiger partial charge in [0.1, 0.15) is 0 Å². The van der Waals surface area contributed by atoms with Crippen LogP contribution in [0.25, 0.3) is 0 Å². The maximum Gasteiger partial charge on any atom is 0.0773 e. The minimum atomic E-state index is 0.323. The Balaban J connectivity index is 2.11. The molecule has 2 heteroatoms. The first-order valence-electron chi connectivity index (χ1n) is 7.65. The van der Waals surface area contributed by atoms with Gasteiger partial charge in [0, 0.05) is 6.61 Å². The van der Waals surface area contributed by atoms with Gasteiger partial charge in [-0.1, -0.05) is 45.0 Å². The molecule has 0 saturated heterocycles. The first kappa shape index (κ1) is 14.5. The average molecular weight is 261 g/mol. The zero-order chi connectivity index (χ0) is 13.7. The van der Waals surface area contributed by atoms with E-state index in [1.165, 1.54) is 11.1 Å². The van der Waals surface area contributed by atoms with Gasteiger partial charge in [-0.3, -0.25) is 0 Å². The molecular formula is C17H27NO. The molecule has 0 heterocycles. The fourth-order valence-corrected chi connectivity index (χ4v) is 2.77. The smallest absolute Gasteiger partial charge is 0.0773 e. The summed E-state index contributed by atoms with van der Waals surface area (Å²) in [7, 11) is 0. The van der Waals surface area contributed by atoms with Gasteiger partial charge in [-0.25, -0.2) is 0 Å². The Morgan fingerprint density at radius 2 is 2.11 bits per heavy atom. The highest BCUT2D eigenvalue weighted by atomic mass is 16.5. The summed E-state index contributed by atoms with van der Waals surface area (Å²) in [4.78, 5) is 0. The Labute approximate surface area is 117 Å². The molecule has 1 aromatic rings. The molecule has 2 nitrogen and oxygen atoms in total. The van der Waals surface area contributed by atoms with E-state index in [1.54, 1.807) is 0 Å². The van der Waals surface area contributed by atoms with E-state index in [-0.39, 0.29) is 0 Å². The molecule has 1 N–H and O–H groups in total. The Morgan fingerprint density at radius 3 is 2.84 bits per heavy atom. The fourth-order valence-electron chi connectivity index (χ4n) is 2.77. The number of nitrogens with one attached hydrogen (secondary N) is 1. The minimum Gasteiger partial charge on any atom is -0.376 e. The van der Waals surface area contributed by atoms with Gasteiger partial charge in [0.15, 0.2) is 0 Å². The third-order valence-corrected chi connectivity index (χ3v) is 3.72. The lowest BCUT2D eigenvalue weighted by atomic mass is 9.85. The van der Waals surface area contributed by atoms with Gasteiger partial charge >= 0.3 is 0 Å². The van der Waals surface area contributed by atoms with Crippen LogP contribution in [0.3, 0.4) is 0 Å². The molecule has 0 aliphatic heterocycles. The minimum absolute atomic E-state index is 0.323. The van der Waals surface area contributed by atoms with Crippen LogP contribution in [0.5, 0.6) is 0 Å². The molecule has 1 aliphatic carbocycles. The van der Waals surface area contributed by atoms with Gasteiger partial charge < -0.3 is 10.1 Å². The molecule has 0 radical (unpaired) electrons. The number of benzene rings is 1. The number of fused-ring (bicyclic) bond motifs is 1. The molecule has 0 amide bonds. The third-order valence-electron chi connectivity index (χ3n) is 3.72. The van der Waals surface area contributed by atoms with Crippen molar-refractivity contribution in [3.63, 3.8) is 0 Å². The molecule has 0 spiro atoms. The first-order valence-corrected chi connectivity index (χ1v) is 7.65. The quantitative estimate of drug-likeness (QED) is 0.843. The van der Waals surface area contributed by atoms with Crippen LogP contribution >= 0.6 is 0 Å². The van der Waals surface area contributed by atoms with Gasteiger partial charge in [-0.2, -0.15) is 0 Å².